The van der Waals surface area contributed by atoms with Crippen LogP contribution in [0.2, 0.25) is 0 Å². The van der Waals surface area contributed by atoms with Crippen molar-refractivity contribution >= 4 is 44.3 Å². The van der Waals surface area contributed by atoms with Gasteiger partial charge in [-0.05, 0) is 55.5 Å². The van der Waals surface area contributed by atoms with E-state index in [0.717, 1.165) is 15.6 Å². The minimum absolute atomic E-state index is 0.147. The molecule has 0 fully saturated rings. The van der Waals surface area contributed by atoms with Crippen molar-refractivity contribution in [1.29, 1.82) is 0 Å². The quantitative estimate of drug-likeness (QED) is 0.402. The number of nitrogens with zero attached hydrogens (tertiary/aromatic N) is 2. The van der Waals surface area contributed by atoms with Gasteiger partial charge in [-0.3, -0.25) is 4.79 Å². The molecule has 0 unspecified atom stereocenters. The molecule has 162 valence electrons. The number of rotatable bonds is 5. The van der Waals surface area contributed by atoms with Crippen LogP contribution in [0.4, 0.5) is 11.5 Å². The van der Waals surface area contributed by atoms with Crippen LogP contribution in [0.5, 0.6) is 11.5 Å². The van der Waals surface area contributed by atoms with Crippen LogP contribution in [0.3, 0.4) is 0 Å². The maximum Gasteiger partial charge on any atom is 0.262 e. The van der Waals surface area contributed by atoms with Gasteiger partial charge in [-0.1, -0.05) is 22.0 Å². The number of anilines is 1. The van der Waals surface area contributed by atoms with Gasteiger partial charge in [-0.15, -0.1) is 0 Å². The molecule has 1 N–H and O–H groups in total. The van der Waals surface area contributed by atoms with Gasteiger partial charge < -0.3 is 19.2 Å². The molecule has 0 saturated carbocycles. The lowest BCUT2D eigenvalue weighted by Crippen LogP contribution is -2.22. The van der Waals surface area contributed by atoms with E-state index in [9.17, 15) is 4.79 Å². The number of nitrogens with one attached hydrogen (secondary N) is 1. The summed E-state index contributed by atoms with van der Waals surface area (Å²) in [5.41, 5.74) is 2.29. The standard InChI is InChI=1S/C24H20BrN3O4/c1-14-5-4-6-22(26-14)28-23(29)18-12-15-11-16(25)7-10-20(15)32-24(18)27-19-9-8-17(30-2)13-21(19)31-3/h4-13H,1-3H3,(H,26,28,29). The number of carbonyl (C=O) groups is 1. The summed E-state index contributed by atoms with van der Waals surface area (Å²) in [7, 11) is 3.12. The number of amides is 1. The van der Waals surface area contributed by atoms with Crippen LogP contribution in [0.1, 0.15) is 16.1 Å². The fourth-order valence-electron chi connectivity index (χ4n) is 3.13. The topological polar surface area (TPSA) is 86.0 Å². The third-order valence-electron chi connectivity index (χ3n) is 4.69. The summed E-state index contributed by atoms with van der Waals surface area (Å²) in [6, 6.07) is 17.9. The number of pyridine rings is 1. The number of methoxy groups -OCH3 is 2. The number of aromatic nitrogens is 1. The van der Waals surface area contributed by atoms with Gasteiger partial charge in [0.1, 0.15) is 34.2 Å². The third kappa shape index (κ3) is 4.65. The zero-order chi connectivity index (χ0) is 22.7. The van der Waals surface area contributed by atoms with Crippen LogP contribution in [-0.4, -0.2) is 25.1 Å². The van der Waals surface area contributed by atoms with Crippen LogP contribution in [-0.2, 0) is 0 Å². The van der Waals surface area contributed by atoms with Crippen LogP contribution in [0.25, 0.3) is 11.0 Å². The van der Waals surface area contributed by atoms with Gasteiger partial charge >= 0.3 is 0 Å². The molecule has 2 heterocycles. The molecule has 1 amide bonds. The first-order chi connectivity index (χ1) is 15.5. The lowest BCUT2D eigenvalue weighted by atomic mass is 10.1. The number of ether oxygens (including phenoxy) is 2. The summed E-state index contributed by atoms with van der Waals surface area (Å²) in [6.45, 7) is 1.86. The van der Waals surface area contributed by atoms with E-state index < -0.39 is 0 Å². The van der Waals surface area contributed by atoms with Crippen molar-refractivity contribution in [2.75, 3.05) is 19.5 Å². The molecule has 2 aromatic heterocycles. The predicted octanol–water partition coefficient (Wildman–Crippen LogP) is 5.40. The second kappa shape index (κ2) is 9.23. The molecule has 0 aliphatic carbocycles. The number of fused-ring (bicyclic) bond motifs is 1. The van der Waals surface area contributed by atoms with E-state index in [2.05, 4.69) is 31.2 Å². The largest absolute Gasteiger partial charge is 0.497 e. The fourth-order valence-corrected chi connectivity index (χ4v) is 3.51. The summed E-state index contributed by atoms with van der Waals surface area (Å²) >= 11 is 3.46. The van der Waals surface area contributed by atoms with Crippen molar-refractivity contribution in [3.63, 3.8) is 0 Å². The number of hydrogen-bond donors (Lipinski definition) is 1. The maximum absolute atomic E-state index is 13.2. The number of halogens is 1. The molecule has 4 aromatic rings. The van der Waals surface area contributed by atoms with Gasteiger partial charge in [0.15, 0.2) is 0 Å². The number of aryl methyl sites for hydroxylation is 1. The predicted molar refractivity (Wildman–Crippen MR) is 126 cm³/mol. The Labute approximate surface area is 192 Å². The van der Waals surface area contributed by atoms with E-state index >= 15 is 0 Å². The fraction of sp³-hybridized carbons (Fsp3) is 0.125. The lowest BCUT2D eigenvalue weighted by molar-refractivity contribution is 0.102. The van der Waals surface area contributed by atoms with Crippen molar-refractivity contribution in [3.05, 3.63) is 81.9 Å². The number of carbonyl (C=O) groups excluding carboxylic acids is 1. The van der Waals surface area contributed by atoms with E-state index in [0.29, 0.717) is 28.6 Å². The van der Waals surface area contributed by atoms with E-state index in [1.165, 1.54) is 0 Å². The summed E-state index contributed by atoms with van der Waals surface area (Å²) in [5.74, 6) is 1.17. The summed E-state index contributed by atoms with van der Waals surface area (Å²) in [5, 5.41) is 3.57. The van der Waals surface area contributed by atoms with Gasteiger partial charge in [0.05, 0.1) is 14.2 Å². The number of benzene rings is 2. The van der Waals surface area contributed by atoms with E-state index in [4.69, 9.17) is 13.9 Å². The van der Waals surface area contributed by atoms with Gasteiger partial charge in [0.2, 0.25) is 5.55 Å². The average Bonchev–Trinajstić information content (AvgIpc) is 2.79. The molecule has 7 nitrogen and oxygen atoms in total. The van der Waals surface area contributed by atoms with Crippen LogP contribution in [0, 0.1) is 6.92 Å². The summed E-state index contributed by atoms with van der Waals surface area (Å²) in [4.78, 5) is 22.1. The summed E-state index contributed by atoms with van der Waals surface area (Å²) < 4.78 is 17.6. The molecule has 0 radical (unpaired) electrons. The molecule has 0 bridgehead atoms. The highest BCUT2D eigenvalue weighted by Gasteiger charge is 2.15. The highest BCUT2D eigenvalue weighted by atomic mass is 79.9. The first kappa shape index (κ1) is 21.6. The summed E-state index contributed by atoms with van der Waals surface area (Å²) in [6.07, 6.45) is 0. The first-order valence-corrected chi connectivity index (χ1v) is 10.5. The van der Waals surface area contributed by atoms with Crippen molar-refractivity contribution in [1.82, 2.24) is 4.98 Å². The Hall–Kier alpha value is -3.65. The van der Waals surface area contributed by atoms with Crippen LogP contribution >= 0.6 is 15.9 Å². The smallest absolute Gasteiger partial charge is 0.262 e. The zero-order valence-electron chi connectivity index (χ0n) is 17.7. The normalized spacial score (nSPS) is 11.4. The zero-order valence-corrected chi connectivity index (χ0v) is 19.3. The molecule has 32 heavy (non-hydrogen) atoms. The monoisotopic (exact) mass is 493 g/mol. The molecule has 2 aromatic carbocycles. The molecule has 4 rings (SSSR count). The number of hydrogen-bond acceptors (Lipinski definition) is 6. The third-order valence-corrected chi connectivity index (χ3v) is 5.19. The van der Waals surface area contributed by atoms with Gasteiger partial charge in [0, 0.05) is 21.6 Å². The van der Waals surface area contributed by atoms with Crippen molar-refractivity contribution in [2.45, 2.75) is 6.92 Å². The average molecular weight is 494 g/mol. The Morgan fingerprint density at radius 3 is 2.66 bits per heavy atom. The van der Waals surface area contributed by atoms with E-state index in [1.807, 2.05) is 37.3 Å². The minimum atomic E-state index is -0.389. The van der Waals surface area contributed by atoms with Crippen molar-refractivity contribution < 1.29 is 18.7 Å². The van der Waals surface area contributed by atoms with Crippen LogP contribution < -0.4 is 20.3 Å². The highest BCUT2D eigenvalue weighted by Crippen LogP contribution is 2.31. The van der Waals surface area contributed by atoms with Gasteiger partial charge in [0.25, 0.3) is 5.91 Å². The lowest BCUT2D eigenvalue weighted by Gasteiger charge is -2.09. The maximum atomic E-state index is 13.2. The molecule has 0 saturated heterocycles. The molecule has 8 heteroatoms. The van der Waals surface area contributed by atoms with Gasteiger partial charge in [-0.2, -0.15) is 0 Å². The van der Waals surface area contributed by atoms with Gasteiger partial charge in [-0.25, -0.2) is 9.98 Å². The van der Waals surface area contributed by atoms with E-state index in [1.54, 1.807) is 44.6 Å². The molecule has 0 spiro atoms. The highest BCUT2D eigenvalue weighted by molar-refractivity contribution is 9.10. The molecule has 0 aliphatic heterocycles. The Balaban J connectivity index is 1.88. The Morgan fingerprint density at radius 1 is 1.06 bits per heavy atom. The second-order valence-electron chi connectivity index (χ2n) is 6.92. The molecule has 0 atom stereocenters. The minimum Gasteiger partial charge on any atom is -0.497 e. The first-order valence-electron chi connectivity index (χ1n) is 9.72. The molecular formula is C24H20BrN3O4. The SMILES string of the molecule is COc1ccc(N=c2oc3ccc(Br)cc3cc2C(=O)Nc2cccc(C)n2)c(OC)c1. The van der Waals surface area contributed by atoms with Crippen LogP contribution in [0.15, 0.2) is 74.5 Å². The second-order valence-corrected chi connectivity index (χ2v) is 7.83. The molecule has 0 aliphatic rings. The molecular weight excluding hydrogens is 474 g/mol. The van der Waals surface area contributed by atoms with E-state index in [-0.39, 0.29) is 17.0 Å². The Bertz CT molecular complexity index is 1380. The Kier molecular flexibility index (Phi) is 6.23. The van der Waals surface area contributed by atoms with Crippen molar-refractivity contribution in [3.8, 4) is 11.5 Å². The Morgan fingerprint density at radius 2 is 1.91 bits per heavy atom. The van der Waals surface area contributed by atoms with Crippen molar-refractivity contribution in [2.24, 2.45) is 4.99 Å².